The van der Waals surface area contributed by atoms with Gasteiger partial charge >= 0.3 is 0 Å². The molecule has 0 spiro atoms. The minimum absolute atomic E-state index is 0.437. The van der Waals surface area contributed by atoms with Crippen LogP contribution in [-0.4, -0.2) is 10.9 Å². The molecular weight excluding hydrogens is 377 g/mol. The van der Waals surface area contributed by atoms with Gasteiger partial charge in [0.25, 0.3) is 0 Å². The minimum Gasteiger partial charge on any atom is -0.380 e. The van der Waals surface area contributed by atoms with Gasteiger partial charge in [0.1, 0.15) is 0 Å². The molecule has 19 heavy (non-hydrogen) atoms. The average Bonchev–Trinajstić information content (AvgIpc) is 2.38. The fourth-order valence-corrected chi connectivity index (χ4v) is 2.55. The first-order valence-electron chi connectivity index (χ1n) is 5.49. The molecule has 3 N–H and O–H groups in total. The van der Waals surface area contributed by atoms with E-state index in [0.717, 1.165) is 14.8 Å². The number of halogens is 2. The minimum atomic E-state index is -0.465. The molecule has 0 aliphatic heterocycles. The molecule has 0 aliphatic rings. The third-order valence-corrected chi connectivity index (χ3v) is 3.55. The molecule has 2 rings (SSSR count). The quantitative estimate of drug-likeness (QED) is 0.792. The van der Waals surface area contributed by atoms with Gasteiger partial charge in [0.05, 0.1) is 10.7 Å². The zero-order valence-electron chi connectivity index (χ0n) is 9.86. The second kappa shape index (κ2) is 6.21. The van der Waals surface area contributed by atoms with Crippen LogP contribution in [0.5, 0.6) is 0 Å². The van der Waals surface area contributed by atoms with Crippen LogP contribution in [0.2, 0.25) is 5.02 Å². The lowest BCUT2D eigenvalue weighted by atomic mass is 10.1. The Hall–Kier alpha value is -1.34. The summed E-state index contributed by atoms with van der Waals surface area (Å²) in [6.45, 7) is 0.437. The van der Waals surface area contributed by atoms with Crippen molar-refractivity contribution in [2.45, 2.75) is 6.54 Å². The van der Waals surface area contributed by atoms with Gasteiger partial charge < -0.3 is 11.1 Å². The molecule has 0 saturated carbocycles. The zero-order chi connectivity index (χ0) is 13.8. The molecule has 2 aromatic rings. The number of aromatic nitrogens is 1. The second-order valence-corrected chi connectivity index (χ2v) is 5.53. The number of carbonyl (C=O) groups excluding carboxylic acids is 1. The normalized spacial score (nSPS) is 10.2. The van der Waals surface area contributed by atoms with Crippen LogP contribution in [0.25, 0.3) is 0 Å². The van der Waals surface area contributed by atoms with Gasteiger partial charge in [-0.05, 0) is 46.9 Å². The summed E-state index contributed by atoms with van der Waals surface area (Å²) in [7, 11) is 0. The smallest absolute Gasteiger partial charge is 0.249 e. The van der Waals surface area contributed by atoms with Crippen molar-refractivity contribution >= 4 is 45.8 Å². The van der Waals surface area contributed by atoms with E-state index >= 15 is 0 Å². The Morgan fingerprint density at radius 3 is 2.89 bits per heavy atom. The van der Waals surface area contributed by atoms with Crippen molar-refractivity contribution in [2.24, 2.45) is 5.73 Å². The fraction of sp³-hybridized carbons (Fsp3) is 0.0769. The number of anilines is 1. The number of benzene rings is 1. The largest absolute Gasteiger partial charge is 0.380 e. The van der Waals surface area contributed by atoms with Gasteiger partial charge in [-0.15, -0.1) is 0 Å². The van der Waals surface area contributed by atoms with Crippen LogP contribution in [0.3, 0.4) is 0 Å². The van der Waals surface area contributed by atoms with Crippen molar-refractivity contribution < 1.29 is 4.79 Å². The van der Waals surface area contributed by atoms with Crippen molar-refractivity contribution in [2.75, 3.05) is 5.32 Å². The lowest BCUT2D eigenvalue weighted by Crippen LogP contribution is -2.15. The Morgan fingerprint density at radius 1 is 1.42 bits per heavy atom. The molecule has 4 nitrogen and oxygen atoms in total. The lowest BCUT2D eigenvalue weighted by molar-refractivity contribution is 0.0999. The number of rotatable bonds is 4. The molecule has 0 radical (unpaired) electrons. The first kappa shape index (κ1) is 14.1. The maximum absolute atomic E-state index is 11.3. The van der Waals surface area contributed by atoms with Gasteiger partial charge in [0.15, 0.2) is 0 Å². The first-order chi connectivity index (χ1) is 9.08. The molecule has 1 heterocycles. The highest BCUT2D eigenvalue weighted by molar-refractivity contribution is 14.1. The molecule has 1 aromatic heterocycles. The van der Waals surface area contributed by atoms with Crippen molar-refractivity contribution in [1.29, 1.82) is 0 Å². The second-order valence-electron chi connectivity index (χ2n) is 3.87. The van der Waals surface area contributed by atoms with E-state index < -0.39 is 5.91 Å². The standard InChI is InChI=1S/C13H11ClIN3O/c14-11-5-9(15)1-2-12(11)18-7-8-6-17-4-3-10(8)13(16)19/h1-6,18H,7H2,(H2,16,19). The topological polar surface area (TPSA) is 68.0 Å². The predicted molar refractivity (Wildman–Crippen MR) is 84.3 cm³/mol. The molecule has 1 amide bonds. The summed E-state index contributed by atoms with van der Waals surface area (Å²) in [5.74, 6) is -0.465. The maximum atomic E-state index is 11.3. The highest BCUT2D eigenvalue weighted by Crippen LogP contribution is 2.24. The Labute approximate surface area is 129 Å². The molecule has 0 aliphatic carbocycles. The van der Waals surface area contributed by atoms with E-state index in [1.54, 1.807) is 18.5 Å². The summed E-state index contributed by atoms with van der Waals surface area (Å²) in [4.78, 5) is 15.3. The molecular formula is C13H11ClIN3O. The third kappa shape index (κ3) is 3.57. The van der Waals surface area contributed by atoms with Crippen LogP contribution in [0.4, 0.5) is 5.69 Å². The van der Waals surface area contributed by atoms with Gasteiger partial charge in [-0.1, -0.05) is 11.6 Å². The molecule has 0 unspecified atom stereocenters. The highest BCUT2D eigenvalue weighted by atomic mass is 127. The van der Waals surface area contributed by atoms with Gasteiger partial charge in [0.2, 0.25) is 5.91 Å². The molecule has 0 bridgehead atoms. The van der Waals surface area contributed by atoms with Crippen LogP contribution in [0.1, 0.15) is 15.9 Å². The van der Waals surface area contributed by atoms with E-state index in [9.17, 15) is 4.79 Å². The third-order valence-electron chi connectivity index (χ3n) is 2.57. The van der Waals surface area contributed by atoms with E-state index in [-0.39, 0.29) is 0 Å². The van der Waals surface area contributed by atoms with Crippen molar-refractivity contribution in [1.82, 2.24) is 4.98 Å². The summed E-state index contributed by atoms with van der Waals surface area (Å²) < 4.78 is 1.06. The summed E-state index contributed by atoms with van der Waals surface area (Å²) >= 11 is 8.32. The number of nitrogens with two attached hydrogens (primary N) is 1. The highest BCUT2D eigenvalue weighted by Gasteiger charge is 2.08. The van der Waals surface area contributed by atoms with Gasteiger partial charge in [-0.2, -0.15) is 0 Å². The van der Waals surface area contributed by atoms with Crippen molar-refractivity contribution in [3.63, 3.8) is 0 Å². The summed E-state index contributed by atoms with van der Waals surface area (Å²) in [5, 5.41) is 3.80. The summed E-state index contributed by atoms with van der Waals surface area (Å²) in [5.41, 5.74) is 7.32. The molecule has 0 fully saturated rings. The number of carbonyl (C=O) groups is 1. The molecule has 0 atom stereocenters. The summed E-state index contributed by atoms with van der Waals surface area (Å²) in [6.07, 6.45) is 3.16. The molecule has 1 aromatic carbocycles. The van der Waals surface area contributed by atoms with Crippen LogP contribution in [0, 0.1) is 3.57 Å². The van der Waals surface area contributed by atoms with Crippen molar-refractivity contribution in [3.05, 3.63) is 56.4 Å². The number of primary amides is 1. The lowest BCUT2D eigenvalue weighted by Gasteiger charge is -2.10. The monoisotopic (exact) mass is 387 g/mol. The number of amides is 1. The SMILES string of the molecule is NC(=O)c1ccncc1CNc1ccc(I)cc1Cl. The Balaban J connectivity index is 2.17. The summed E-state index contributed by atoms with van der Waals surface area (Å²) in [6, 6.07) is 7.31. The number of nitrogens with one attached hydrogen (secondary N) is 1. The van der Waals surface area contributed by atoms with Gasteiger partial charge in [0, 0.05) is 33.6 Å². The Kier molecular flexibility index (Phi) is 4.60. The Bertz CT molecular complexity index is 619. The Morgan fingerprint density at radius 2 is 2.21 bits per heavy atom. The van der Waals surface area contributed by atoms with Crippen LogP contribution in [0.15, 0.2) is 36.7 Å². The first-order valence-corrected chi connectivity index (χ1v) is 6.95. The predicted octanol–water partition coefficient (Wildman–Crippen LogP) is 3.05. The zero-order valence-corrected chi connectivity index (χ0v) is 12.8. The van der Waals surface area contributed by atoms with Gasteiger partial charge in [-0.3, -0.25) is 9.78 Å². The molecule has 0 saturated heterocycles. The van der Waals surface area contributed by atoms with E-state index in [4.69, 9.17) is 17.3 Å². The van der Waals surface area contributed by atoms with E-state index in [1.165, 1.54) is 0 Å². The number of pyridine rings is 1. The van der Waals surface area contributed by atoms with Gasteiger partial charge in [-0.25, -0.2) is 0 Å². The van der Waals surface area contributed by atoms with E-state index in [1.807, 2.05) is 18.2 Å². The van der Waals surface area contributed by atoms with Crippen LogP contribution < -0.4 is 11.1 Å². The number of hydrogen-bond donors (Lipinski definition) is 2. The average molecular weight is 388 g/mol. The molecule has 6 heteroatoms. The number of nitrogens with zero attached hydrogens (tertiary/aromatic N) is 1. The van der Waals surface area contributed by atoms with Crippen LogP contribution in [-0.2, 0) is 6.54 Å². The maximum Gasteiger partial charge on any atom is 0.249 e. The molecule has 98 valence electrons. The van der Waals surface area contributed by atoms with E-state index in [0.29, 0.717) is 17.1 Å². The fourth-order valence-electron chi connectivity index (χ4n) is 1.63. The van der Waals surface area contributed by atoms with Crippen molar-refractivity contribution in [3.8, 4) is 0 Å². The number of hydrogen-bond acceptors (Lipinski definition) is 3. The van der Waals surface area contributed by atoms with Crippen LogP contribution >= 0.6 is 34.2 Å². The van der Waals surface area contributed by atoms with E-state index in [2.05, 4.69) is 32.9 Å².